The summed E-state index contributed by atoms with van der Waals surface area (Å²) in [5.74, 6) is 0.678. The third-order valence-electron chi connectivity index (χ3n) is 3.85. The van der Waals surface area contributed by atoms with Crippen molar-refractivity contribution in [1.82, 2.24) is 9.80 Å². The SMILES string of the molecule is CC1CCCN(C(=O)N(C)C2CCC2)C1. The highest BCUT2D eigenvalue weighted by atomic mass is 16.2. The van der Waals surface area contributed by atoms with Gasteiger partial charge < -0.3 is 9.80 Å². The van der Waals surface area contributed by atoms with Gasteiger partial charge in [-0.2, -0.15) is 0 Å². The smallest absolute Gasteiger partial charge is 0.319 e. The summed E-state index contributed by atoms with van der Waals surface area (Å²) in [5.41, 5.74) is 0. The van der Waals surface area contributed by atoms with Crippen molar-refractivity contribution >= 4 is 6.03 Å². The first kappa shape index (κ1) is 10.8. The Morgan fingerprint density at radius 3 is 2.53 bits per heavy atom. The molecule has 2 rings (SSSR count). The fraction of sp³-hybridized carbons (Fsp3) is 0.917. The average molecular weight is 210 g/mol. The predicted molar refractivity (Wildman–Crippen MR) is 60.8 cm³/mol. The van der Waals surface area contributed by atoms with Gasteiger partial charge in [-0.15, -0.1) is 0 Å². The Labute approximate surface area is 92.4 Å². The van der Waals surface area contributed by atoms with Crippen molar-refractivity contribution in [1.29, 1.82) is 0 Å². The maximum atomic E-state index is 12.1. The molecule has 0 aromatic rings. The Kier molecular flexibility index (Phi) is 3.17. The van der Waals surface area contributed by atoms with Crippen molar-refractivity contribution in [3.63, 3.8) is 0 Å². The van der Waals surface area contributed by atoms with E-state index in [-0.39, 0.29) is 6.03 Å². The summed E-state index contributed by atoms with van der Waals surface area (Å²) in [6.07, 6.45) is 6.14. The van der Waals surface area contributed by atoms with Crippen LogP contribution in [0.1, 0.15) is 39.0 Å². The third-order valence-corrected chi connectivity index (χ3v) is 3.85. The lowest BCUT2D eigenvalue weighted by atomic mass is 9.92. The minimum atomic E-state index is 0.256. The van der Waals surface area contributed by atoms with Crippen molar-refractivity contribution in [2.24, 2.45) is 5.92 Å². The van der Waals surface area contributed by atoms with Crippen LogP contribution < -0.4 is 0 Å². The highest BCUT2D eigenvalue weighted by Gasteiger charge is 2.30. The van der Waals surface area contributed by atoms with Crippen LogP contribution in [0, 0.1) is 5.92 Å². The van der Waals surface area contributed by atoms with Gasteiger partial charge >= 0.3 is 6.03 Å². The second-order valence-corrected chi connectivity index (χ2v) is 5.17. The summed E-state index contributed by atoms with van der Waals surface area (Å²) in [6.45, 7) is 4.15. The molecule has 2 aliphatic rings. The molecule has 0 radical (unpaired) electrons. The molecule has 3 nitrogen and oxygen atoms in total. The van der Waals surface area contributed by atoms with E-state index in [9.17, 15) is 4.79 Å². The van der Waals surface area contributed by atoms with Crippen molar-refractivity contribution in [3.05, 3.63) is 0 Å². The monoisotopic (exact) mass is 210 g/mol. The van der Waals surface area contributed by atoms with Crippen LogP contribution in [0.15, 0.2) is 0 Å². The Balaban J connectivity index is 1.88. The van der Waals surface area contributed by atoms with E-state index in [1.807, 2.05) is 16.8 Å². The maximum absolute atomic E-state index is 12.1. The highest BCUT2D eigenvalue weighted by molar-refractivity contribution is 5.74. The highest BCUT2D eigenvalue weighted by Crippen LogP contribution is 2.25. The zero-order valence-electron chi connectivity index (χ0n) is 9.91. The normalized spacial score (nSPS) is 27.3. The molecule has 1 atom stereocenters. The van der Waals surface area contributed by atoms with Crippen LogP contribution in [0.2, 0.25) is 0 Å². The van der Waals surface area contributed by atoms with Gasteiger partial charge in [-0.3, -0.25) is 0 Å². The van der Waals surface area contributed by atoms with E-state index in [2.05, 4.69) is 6.92 Å². The molecule has 15 heavy (non-hydrogen) atoms. The number of amides is 2. The molecular weight excluding hydrogens is 188 g/mol. The third kappa shape index (κ3) is 2.27. The molecule has 1 saturated carbocycles. The maximum Gasteiger partial charge on any atom is 0.319 e. The molecule has 0 aromatic heterocycles. The minimum absolute atomic E-state index is 0.256. The van der Waals surface area contributed by atoms with Gasteiger partial charge in [0, 0.05) is 26.2 Å². The molecule has 2 fully saturated rings. The Bertz CT molecular complexity index is 238. The molecule has 86 valence electrons. The summed E-state index contributed by atoms with van der Waals surface area (Å²) < 4.78 is 0. The Morgan fingerprint density at radius 2 is 2.00 bits per heavy atom. The van der Waals surface area contributed by atoms with Gasteiger partial charge in [0.25, 0.3) is 0 Å². The number of urea groups is 1. The number of likely N-dealkylation sites (tertiary alicyclic amines) is 1. The first-order valence-corrected chi connectivity index (χ1v) is 6.20. The van der Waals surface area contributed by atoms with Gasteiger partial charge in [0.15, 0.2) is 0 Å². The molecule has 1 aliphatic carbocycles. The lowest BCUT2D eigenvalue weighted by Crippen LogP contribution is -2.50. The molecule has 0 spiro atoms. The van der Waals surface area contributed by atoms with Gasteiger partial charge in [0.2, 0.25) is 0 Å². The van der Waals surface area contributed by atoms with E-state index in [0.717, 1.165) is 13.1 Å². The Morgan fingerprint density at radius 1 is 1.27 bits per heavy atom. The number of carbonyl (C=O) groups is 1. The first-order chi connectivity index (χ1) is 7.18. The Hall–Kier alpha value is -0.730. The topological polar surface area (TPSA) is 23.6 Å². The zero-order chi connectivity index (χ0) is 10.8. The van der Waals surface area contributed by atoms with E-state index in [4.69, 9.17) is 0 Å². The van der Waals surface area contributed by atoms with Crippen LogP contribution in [0.25, 0.3) is 0 Å². The molecule has 1 heterocycles. The second-order valence-electron chi connectivity index (χ2n) is 5.17. The molecule has 1 unspecified atom stereocenters. The van der Waals surface area contributed by atoms with Crippen LogP contribution in [-0.4, -0.2) is 42.0 Å². The minimum Gasteiger partial charge on any atom is -0.325 e. The summed E-state index contributed by atoms with van der Waals surface area (Å²) in [4.78, 5) is 16.1. The zero-order valence-corrected chi connectivity index (χ0v) is 9.91. The van der Waals surface area contributed by atoms with E-state index in [0.29, 0.717) is 12.0 Å². The van der Waals surface area contributed by atoms with Gasteiger partial charge in [0.05, 0.1) is 0 Å². The average Bonchev–Trinajstić information content (AvgIpc) is 2.14. The van der Waals surface area contributed by atoms with Crippen LogP contribution in [0.5, 0.6) is 0 Å². The van der Waals surface area contributed by atoms with Crippen LogP contribution >= 0.6 is 0 Å². The standard InChI is InChI=1S/C12H22N2O/c1-10-5-4-8-14(9-10)12(15)13(2)11-6-3-7-11/h10-11H,3-9H2,1-2H3. The number of carbonyl (C=O) groups excluding carboxylic acids is 1. The van der Waals surface area contributed by atoms with Crippen molar-refractivity contribution in [2.75, 3.05) is 20.1 Å². The van der Waals surface area contributed by atoms with Crippen molar-refractivity contribution in [2.45, 2.75) is 45.1 Å². The predicted octanol–water partition coefficient (Wildman–Crippen LogP) is 2.32. The van der Waals surface area contributed by atoms with Crippen molar-refractivity contribution < 1.29 is 4.79 Å². The summed E-state index contributed by atoms with van der Waals surface area (Å²) in [7, 11) is 1.96. The molecule has 3 heteroatoms. The summed E-state index contributed by atoms with van der Waals surface area (Å²) >= 11 is 0. The van der Waals surface area contributed by atoms with Crippen LogP contribution in [-0.2, 0) is 0 Å². The fourth-order valence-electron chi connectivity index (χ4n) is 2.52. The van der Waals surface area contributed by atoms with Crippen LogP contribution in [0.3, 0.4) is 0 Å². The number of hydrogen-bond donors (Lipinski definition) is 0. The van der Waals surface area contributed by atoms with E-state index >= 15 is 0 Å². The quantitative estimate of drug-likeness (QED) is 0.651. The summed E-state index contributed by atoms with van der Waals surface area (Å²) in [5, 5.41) is 0. The molecular formula is C12H22N2O. The van der Waals surface area contributed by atoms with Gasteiger partial charge in [-0.25, -0.2) is 4.79 Å². The van der Waals surface area contributed by atoms with E-state index < -0.39 is 0 Å². The number of nitrogens with zero attached hydrogens (tertiary/aromatic N) is 2. The van der Waals surface area contributed by atoms with Gasteiger partial charge in [-0.05, 0) is 38.0 Å². The largest absolute Gasteiger partial charge is 0.325 e. The lowest BCUT2D eigenvalue weighted by molar-refractivity contribution is 0.107. The lowest BCUT2D eigenvalue weighted by Gasteiger charge is -2.40. The number of rotatable bonds is 1. The number of piperidine rings is 1. The summed E-state index contributed by atoms with van der Waals surface area (Å²) in [6, 6.07) is 0.779. The molecule has 1 saturated heterocycles. The van der Waals surface area contributed by atoms with Crippen molar-refractivity contribution in [3.8, 4) is 0 Å². The van der Waals surface area contributed by atoms with Crippen LogP contribution in [0.4, 0.5) is 4.79 Å². The number of hydrogen-bond acceptors (Lipinski definition) is 1. The second kappa shape index (κ2) is 4.42. The molecule has 0 bridgehead atoms. The van der Waals surface area contributed by atoms with E-state index in [1.165, 1.54) is 32.1 Å². The molecule has 1 aliphatic heterocycles. The first-order valence-electron chi connectivity index (χ1n) is 6.20. The molecule has 2 amide bonds. The fourth-order valence-corrected chi connectivity index (χ4v) is 2.52. The molecule has 0 aromatic carbocycles. The molecule has 0 N–H and O–H groups in total. The van der Waals surface area contributed by atoms with E-state index in [1.54, 1.807) is 0 Å². The van der Waals surface area contributed by atoms with Gasteiger partial charge in [0.1, 0.15) is 0 Å². The van der Waals surface area contributed by atoms with Gasteiger partial charge in [-0.1, -0.05) is 6.92 Å².